The number of nitrogens with zero attached hydrogens (tertiary/aromatic N) is 2. The van der Waals surface area contributed by atoms with Crippen LogP contribution in [0.1, 0.15) is 57.8 Å². The first kappa shape index (κ1) is 19.7. The van der Waals surface area contributed by atoms with E-state index in [9.17, 15) is 14.4 Å². The van der Waals surface area contributed by atoms with Crippen molar-refractivity contribution in [2.24, 2.45) is 5.16 Å². The van der Waals surface area contributed by atoms with Crippen LogP contribution in [0.5, 0.6) is 0 Å². The lowest BCUT2D eigenvalue weighted by Gasteiger charge is -2.14. The molecule has 28 heavy (non-hydrogen) atoms. The molecular weight excluding hydrogens is 382 g/mol. The summed E-state index contributed by atoms with van der Waals surface area (Å²) in [5, 5.41) is 7.13. The van der Waals surface area contributed by atoms with E-state index in [2.05, 4.69) is 15.5 Å². The summed E-state index contributed by atoms with van der Waals surface area (Å²) in [7, 11) is 0. The maximum atomic E-state index is 12.4. The number of ether oxygens (including phenoxy) is 1. The van der Waals surface area contributed by atoms with Gasteiger partial charge in [0, 0.05) is 19.3 Å². The Hall–Kier alpha value is -3.07. The lowest BCUT2D eigenvalue weighted by atomic mass is 9.94. The molecule has 9 heteroatoms. The summed E-state index contributed by atoms with van der Waals surface area (Å²) < 4.78 is 5.15. The van der Waals surface area contributed by atoms with Crippen molar-refractivity contribution in [2.45, 2.75) is 33.1 Å². The van der Waals surface area contributed by atoms with Crippen molar-refractivity contribution in [1.29, 1.82) is 0 Å². The van der Waals surface area contributed by atoms with Gasteiger partial charge < -0.3 is 14.9 Å². The van der Waals surface area contributed by atoms with Crippen molar-refractivity contribution >= 4 is 39.9 Å². The molecule has 8 nitrogen and oxygen atoms in total. The second-order valence-corrected chi connectivity index (χ2v) is 7.05. The molecular formula is C19H19N3O5S. The average Bonchev–Trinajstić information content (AvgIpc) is 3.04. The van der Waals surface area contributed by atoms with E-state index in [4.69, 9.17) is 9.57 Å². The average molecular weight is 401 g/mol. The van der Waals surface area contributed by atoms with Crippen molar-refractivity contribution in [3.8, 4) is 0 Å². The van der Waals surface area contributed by atoms with Gasteiger partial charge >= 0.3 is 11.9 Å². The molecule has 0 fully saturated rings. The highest BCUT2D eigenvalue weighted by atomic mass is 32.1. The van der Waals surface area contributed by atoms with Crippen molar-refractivity contribution in [1.82, 2.24) is 4.98 Å². The Morgan fingerprint density at radius 1 is 1.29 bits per heavy atom. The van der Waals surface area contributed by atoms with Crippen LogP contribution < -0.4 is 5.32 Å². The van der Waals surface area contributed by atoms with Gasteiger partial charge in [-0.25, -0.2) is 9.59 Å². The van der Waals surface area contributed by atoms with E-state index < -0.39 is 11.9 Å². The van der Waals surface area contributed by atoms with Crippen LogP contribution in [0.15, 0.2) is 29.7 Å². The molecule has 1 aliphatic rings. The number of oxime groups is 1. The van der Waals surface area contributed by atoms with E-state index in [1.807, 2.05) is 0 Å². The molecule has 2 heterocycles. The van der Waals surface area contributed by atoms with Crippen molar-refractivity contribution < 1.29 is 24.0 Å². The Morgan fingerprint density at radius 2 is 2.11 bits per heavy atom. The highest BCUT2D eigenvalue weighted by Gasteiger charge is 2.30. The Labute approximate surface area is 165 Å². The third kappa shape index (κ3) is 4.25. The molecule has 1 N–H and O–H groups in total. The molecule has 3 rings (SSSR count). The largest absolute Gasteiger partial charge is 0.462 e. The summed E-state index contributed by atoms with van der Waals surface area (Å²) in [5.74, 6) is -1.39. The fourth-order valence-electron chi connectivity index (χ4n) is 2.87. The van der Waals surface area contributed by atoms with E-state index in [1.54, 1.807) is 25.3 Å². The number of carbonyl (C=O) groups is 3. The zero-order valence-electron chi connectivity index (χ0n) is 15.5. The molecule has 1 aliphatic carbocycles. The fraction of sp³-hybridized carbons (Fsp3) is 0.316. The minimum atomic E-state index is -0.614. The van der Waals surface area contributed by atoms with Gasteiger partial charge in [-0.05, 0) is 43.9 Å². The van der Waals surface area contributed by atoms with E-state index in [-0.39, 0.29) is 12.5 Å². The molecule has 0 aromatic carbocycles. The molecule has 0 spiro atoms. The van der Waals surface area contributed by atoms with Crippen LogP contribution in [0.25, 0.3) is 0 Å². The molecule has 2 aromatic heterocycles. The first-order valence-electron chi connectivity index (χ1n) is 8.80. The number of thiophene rings is 1. The molecule has 0 saturated heterocycles. The molecule has 0 radical (unpaired) electrons. The van der Waals surface area contributed by atoms with E-state index in [0.29, 0.717) is 34.7 Å². The maximum absolute atomic E-state index is 12.4. The highest BCUT2D eigenvalue weighted by molar-refractivity contribution is 7.19. The van der Waals surface area contributed by atoms with Crippen LogP contribution in [-0.4, -0.2) is 35.1 Å². The lowest BCUT2D eigenvalue weighted by molar-refractivity contribution is -0.114. The van der Waals surface area contributed by atoms with Gasteiger partial charge in [0.25, 0.3) is 0 Å². The Kier molecular flexibility index (Phi) is 6.15. The number of pyridine rings is 1. The molecule has 0 saturated carbocycles. The number of esters is 1. The van der Waals surface area contributed by atoms with E-state index >= 15 is 0 Å². The van der Waals surface area contributed by atoms with Crippen molar-refractivity contribution in [2.75, 3.05) is 11.9 Å². The van der Waals surface area contributed by atoms with E-state index in [1.165, 1.54) is 24.5 Å². The van der Waals surface area contributed by atoms with Crippen LogP contribution >= 0.6 is 11.3 Å². The standard InChI is InChI=1S/C19H19N3O5S/c1-3-26-19(25)15-13-7-4-8-14(16(13)28-17(15)21-11(2)23)22-27-18(24)12-6-5-9-20-10-12/h5-6,9-10H,3-4,7-8H2,1-2H3,(H,21,23). The van der Waals surface area contributed by atoms with Gasteiger partial charge in [0.05, 0.1) is 28.3 Å². The predicted octanol–water partition coefficient (Wildman–Crippen LogP) is 3.18. The molecule has 0 atom stereocenters. The number of amides is 1. The minimum absolute atomic E-state index is 0.229. The predicted molar refractivity (Wildman–Crippen MR) is 104 cm³/mol. The monoisotopic (exact) mass is 401 g/mol. The van der Waals surface area contributed by atoms with Crippen LogP contribution in [-0.2, 0) is 20.8 Å². The summed E-state index contributed by atoms with van der Waals surface area (Å²) in [5.41, 5.74) is 1.96. The molecule has 0 unspecified atom stereocenters. The van der Waals surface area contributed by atoms with Gasteiger partial charge in [0.2, 0.25) is 5.91 Å². The first-order chi connectivity index (χ1) is 13.5. The van der Waals surface area contributed by atoms with Gasteiger partial charge in [0.1, 0.15) is 5.00 Å². The maximum Gasteiger partial charge on any atom is 0.367 e. The SMILES string of the molecule is CCOC(=O)c1c(NC(C)=O)sc2c1CCCC2=NOC(=O)c1cccnc1. The molecule has 0 bridgehead atoms. The molecule has 2 aromatic rings. The Balaban J connectivity index is 1.93. The Bertz CT molecular complexity index is 937. The first-order valence-corrected chi connectivity index (χ1v) is 9.61. The highest BCUT2D eigenvalue weighted by Crippen LogP contribution is 2.39. The van der Waals surface area contributed by atoms with Crippen LogP contribution in [0.4, 0.5) is 5.00 Å². The summed E-state index contributed by atoms with van der Waals surface area (Å²) in [4.78, 5) is 45.8. The quantitative estimate of drug-likeness (QED) is 0.468. The van der Waals surface area contributed by atoms with Crippen molar-refractivity contribution in [3.05, 3.63) is 46.1 Å². The summed E-state index contributed by atoms with van der Waals surface area (Å²) >= 11 is 1.23. The molecule has 146 valence electrons. The van der Waals surface area contributed by atoms with Gasteiger partial charge in [-0.2, -0.15) is 0 Å². The zero-order chi connectivity index (χ0) is 20.1. The lowest BCUT2D eigenvalue weighted by Crippen LogP contribution is -2.16. The third-order valence-electron chi connectivity index (χ3n) is 4.01. The van der Waals surface area contributed by atoms with Crippen LogP contribution in [0, 0.1) is 0 Å². The number of nitrogens with one attached hydrogen (secondary N) is 1. The summed E-state index contributed by atoms with van der Waals surface area (Å²) in [6, 6.07) is 3.22. The number of aromatic nitrogens is 1. The second kappa shape index (κ2) is 8.75. The second-order valence-electron chi connectivity index (χ2n) is 6.03. The summed E-state index contributed by atoms with van der Waals surface area (Å²) in [6.45, 7) is 3.32. The van der Waals surface area contributed by atoms with E-state index in [0.717, 1.165) is 16.9 Å². The zero-order valence-corrected chi connectivity index (χ0v) is 16.3. The number of anilines is 1. The fourth-order valence-corrected chi connectivity index (χ4v) is 4.16. The molecule has 0 aliphatic heterocycles. The van der Waals surface area contributed by atoms with Gasteiger partial charge in [-0.1, -0.05) is 5.16 Å². The normalized spacial score (nSPS) is 14.3. The Morgan fingerprint density at radius 3 is 2.79 bits per heavy atom. The van der Waals surface area contributed by atoms with Crippen LogP contribution in [0.3, 0.4) is 0 Å². The number of fused-ring (bicyclic) bond motifs is 1. The van der Waals surface area contributed by atoms with Crippen molar-refractivity contribution in [3.63, 3.8) is 0 Å². The third-order valence-corrected chi connectivity index (χ3v) is 5.21. The molecule has 1 amide bonds. The van der Waals surface area contributed by atoms with Gasteiger partial charge in [0.15, 0.2) is 0 Å². The smallest absolute Gasteiger partial charge is 0.367 e. The topological polar surface area (TPSA) is 107 Å². The minimum Gasteiger partial charge on any atom is -0.462 e. The number of hydrogen-bond acceptors (Lipinski definition) is 8. The van der Waals surface area contributed by atoms with Crippen LogP contribution in [0.2, 0.25) is 0 Å². The summed E-state index contributed by atoms with van der Waals surface area (Å²) in [6.07, 6.45) is 4.93. The van der Waals surface area contributed by atoms with Gasteiger partial charge in [-0.3, -0.25) is 9.78 Å². The van der Waals surface area contributed by atoms with Gasteiger partial charge in [-0.15, -0.1) is 11.3 Å². The number of carbonyl (C=O) groups excluding carboxylic acids is 3. The number of hydrogen-bond donors (Lipinski definition) is 1. The number of rotatable bonds is 5.